The van der Waals surface area contributed by atoms with Crippen molar-refractivity contribution >= 4 is 22.6 Å². The minimum Gasteiger partial charge on any atom is -0.354 e. The summed E-state index contributed by atoms with van der Waals surface area (Å²) in [6.07, 6.45) is 1.56. The maximum absolute atomic E-state index is 4.69. The molecule has 4 aromatic rings. The second-order valence-corrected chi connectivity index (χ2v) is 6.69. The van der Waals surface area contributed by atoms with Gasteiger partial charge in [0.25, 0.3) is 5.78 Å². The van der Waals surface area contributed by atoms with E-state index in [4.69, 9.17) is 0 Å². The lowest BCUT2D eigenvalue weighted by Crippen LogP contribution is -2.46. The van der Waals surface area contributed by atoms with Gasteiger partial charge in [-0.15, -0.1) is 0 Å². The highest BCUT2D eigenvalue weighted by Crippen LogP contribution is 2.19. The minimum atomic E-state index is 0.657. The number of hydrogen-bond acceptors (Lipinski definition) is 6. The number of imidazole rings is 1. The summed E-state index contributed by atoms with van der Waals surface area (Å²) in [4.78, 5) is 21.5. The Morgan fingerprint density at radius 1 is 1.08 bits per heavy atom. The number of aromatic amines is 1. The van der Waals surface area contributed by atoms with Crippen LogP contribution in [-0.2, 0) is 6.54 Å². The third-order valence-corrected chi connectivity index (χ3v) is 4.87. The molecule has 1 aliphatic rings. The van der Waals surface area contributed by atoms with Crippen LogP contribution in [0, 0.1) is 6.92 Å². The highest BCUT2D eigenvalue weighted by atomic mass is 15.4. The van der Waals surface area contributed by atoms with Crippen LogP contribution in [0.25, 0.3) is 16.8 Å². The first-order valence-electron chi connectivity index (χ1n) is 8.84. The van der Waals surface area contributed by atoms with Gasteiger partial charge >= 0.3 is 0 Å². The number of H-pyrrole nitrogens is 1. The molecule has 0 amide bonds. The number of nitrogens with zero attached hydrogens (tertiary/aromatic N) is 7. The van der Waals surface area contributed by atoms with Gasteiger partial charge in [0.1, 0.15) is 18.0 Å². The zero-order valence-electron chi connectivity index (χ0n) is 14.6. The van der Waals surface area contributed by atoms with Crippen molar-refractivity contribution in [2.24, 2.45) is 0 Å². The Balaban J connectivity index is 1.30. The Morgan fingerprint density at radius 3 is 2.77 bits per heavy atom. The van der Waals surface area contributed by atoms with E-state index in [2.05, 4.69) is 47.0 Å². The van der Waals surface area contributed by atoms with Crippen molar-refractivity contribution in [1.29, 1.82) is 0 Å². The normalized spacial score (nSPS) is 16.0. The highest BCUT2D eigenvalue weighted by Gasteiger charge is 2.21. The predicted octanol–water partition coefficient (Wildman–Crippen LogP) is 1.63. The molecule has 0 aliphatic carbocycles. The number of hydrogen-bond donors (Lipinski definition) is 1. The van der Waals surface area contributed by atoms with Crippen molar-refractivity contribution in [3.05, 3.63) is 48.2 Å². The monoisotopic (exact) mass is 348 g/mol. The van der Waals surface area contributed by atoms with Gasteiger partial charge in [-0.1, -0.05) is 12.1 Å². The highest BCUT2D eigenvalue weighted by molar-refractivity contribution is 5.74. The Labute approximate surface area is 150 Å². The number of nitrogens with one attached hydrogen (secondary N) is 1. The molecule has 4 heterocycles. The van der Waals surface area contributed by atoms with Crippen LogP contribution >= 0.6 is 0 Å². The number of piperazine rings is 1. The first kappa shape index (κ1) is 15.3. The molecular formula is C18H20N8. The van der Waals surface area contributed by atoms with Crippen LogP contribution in [0.5, 0.6) is 0 Å². The Hall–Kier alpha value is -3.00. The summed E-state index contributed by atoms with van der Waals surface area (Å²) in [5.41, 5.74) is 3.09. The van der Waals surface area contributed by atoms with E-state index in [-0.39, 0.29) is 0 Å². The number of aryl methyl sites for hydroxylation is 1. The van der Waals surface area contributed by atoms with E-state index in [1.165, 1.54) is 0 Å². The van der Waals surface area contributed by atoms with Gasteiger partial charge in [-0.05, 0) is 19.1 Å². The molecule has 5 rings (SSSR count). The van der Waals surface area contributed by atoms with E-state index in [0.29, 0.717) is 5.78 Å². The molecule has 1 N–H and O–H groups in total. The lowest BCUT2D eigenvalue weighted by molar-refractivity contribution is 0.244. The van der Waals surface area contributed by atoms with Crippen LogP contribution in [0.15, 0.2) is 36.7 Å². The fourth-order valence-corrected chi connectivity index (χ4v) is 3.56. The zero-order chi connectivity index (χ0) is 17.5. The van der Waals surface area contributed by atoms with E-state index in [9.17, 15) is 0 Å². The Bertz CT molecular complexity index is 1020. The fraction of sp³-hybridized carbons (Fsp3) is 0.333. The summed E-state index contributed by atoms with van der Waals surface area (Å²) in [6, 6.07) is 10.2. The van der Waals surface area contributed by atoms with Crippen LogP contribution in [0.2, 0.25) is 0 Å². The van der Waals surface area contributed by atoms with Gasteiger partial charge in [-0.2, -0.15) is 14.6 Å². The van der Waals surface area contributed by atoms with Crippen molar-refractivity contribution in [1.82, 2.24) is 34.4 Å². The van der Waals surface area contributed by atoms with Crippen molar-refractivity contribution < 1.29 is 0 Å². The molecule has 0 bridgehead atoms. The molecule has 8 nitrogen and oxygen atoms in total. The van der Waals surface area contributed by atoms with Crippen molar-refractivity contribution in [2.75, 3.05) is 31.1 Å². The maximum Gasteiger partial charge on any atom is 0.254 e. The van der Waals surface area contributed by atoms with Gasteiger partial charge in [0.2, 0.25) is 0 Å². The largest absolute Gasteiger partial charge is 0.354 e. The molecule has 0 spiro atoms. The van der Waals surface area contributed by atoms with Crippen molar-refractivity contribution in [3.63, 3.8) is 0 Å². The SMILES string of the molecule is Cc1cc(N2CCN(Cc3nc4ccccc4[nH]3)CC2)n2ncnc2n1. The molecule has 1 aromatic carbocycles. The molecular weight excluding hydrogens is 328 g/mol. The van der Waals surface area contributed by atoms with Gasteiger partial charge < -0.3 is 9.88 Å². The van der Waals surface area contributed by atoms with Gasteiger partial charge in [0, 0.05) is 37.9 Å². The first-order valence-corrected chi connectivity index (χ1v) is 8.84. The van der Waals surface area contributed by atoms with Crippen LogP contribution in [0.1, 0.15) is 11.5 Å². The number of aromatic nitrogens is 6. The van der Waals surface area contributed by atoms with Crippen LogP contribution in [0.4, 0.5) is 5.82 Å². The smallest absolute Gasteiger partial charge is 0.254 e. The quantitative estimate of drug-likeness (QED) is 0.606. The van der Waals surface area contributed by atoms with E-state index < -0.39 is 0 Å². The Kier molecular flexibility index (Phi) is 3.56. The molecule has 1 fully saturated rings. The molecule has 0 saturated carbocycles. The van der Waals surface area contributed by atoms with Gasteiger partial charge in [0.15, 0.2) is 0 Å². The fourth-order valence-electron chi connectivity index (χ4n) is 3.56. The minimum absolute atomic E-state index is 0.657. The summed E-state index contributed by atoms with van der Waals surface area (Å²) in [6.45, 7) is 6.69. The van der Waals surface area contributed by atoms with Crippen LogP contribution in [0.3, 0.4) is 0 Å². The van der Waals surface area contributed by atoms with E-state index in [1.807, 2.05) is 29.6 Å². The maximum atomic E-state index is 4.69. The molecule has 0 unspecified atom stereocenters. The van der Waals surface area contributed by atoms with Gasteiger partial charge in [-0.3, -0.25) is 4.90 Å². The van der Waals surface area contributed by atoms with E-state index >= 15 is 0 Å². The average molecular weight is 348 g/mol. The Morgan fingerprint density at radius 2 is 1.92 bits per heavy atom. The second-order valence-electron chi connectivity index (χ2n) is 6.69. The molecule has 1 saturated heterocycles. The van der Waals surface area contributed by atoms with Crippen molar-refractivity contribution in [3.8, 4) is 0 Å². The third-order valence-electron chi connectivity index (χ3n) is 4.87. The van der Waals surface area contributed by atoms with Crippen molar-refractivity contribution in [2.45, 2.75) is 13.5 Å². The average Bonchev–Trinajstić information content (AvgIpc) is 3.27. The summed E-state index contributed by atoms with van der Waals surface area (Å²) in [5.74, 6) is 2.75. The molecule has 0 atom stereocenters. The molecule has 8 heteroatoms. The molecule has 132 valence electrons. The molecule has 0 radical (unpaired) electrons. The first-order chi connectivity index (χ1) is 12.8. The van der Waals surface area contributed by atoms with Crippen LogP contribution < -0.4 is 4.90 Å². The number of benzene rings is 1. The zero-order valence-corrected chi connectivity index (χ0v) is 14.6. The lowest BCUT2D eigenvalue weighted by Gasteiger charge is -2.35. The number of anilines is 1. The van der Waals surface area contributed by atoms with Gasteiger partial charge in [0.05, 0.1) is 17.6 Å². The van der Waals surface area contributed by atoms with E-state index in [1.54, 1.807) is 6.33 Å². The number of para-hydroxylation sites is 2. The number of fused-ring (bicyclic) bond motifs is 2. The number of rotatable bonds is 3. The molecule has 26 heavy (non-hydrogen) atoms. The standard InChI is InChI=1S/C18H20N8/c1-13-10-17(26-18(21-13)19-12-20-26)25-8-6-24(7-9-25)11-16-22-14-4-2-3-5-15(14)23-16/h2-5,10,12H,6-9,11H2,1H3,(H,22,23). The molecule has 3 aromatic heterocycles. The topological polar surface area (TPSA) is 78.2 Å². The van der Waals surface area contributed by atoms with Crippen LogP contribution in [-0.4, -0.2) is 60.6 Å². The summed E-state index contributed by atoms with van der Waals surface area (Å²) in [5, 5.41) is 4.32. The van der Waals surface area contributed by atoms with Gasteiger partial charge in [-0.25, -0.2) is 9.97 Å². The summed E-state index contributed by atoms with van der Waals surface area (Å²) < 4.78 is 1.82. The van der Waals surface area contributed by atoms with E-state index in [0.717, 1.165) is 61.1 Å². The summed E-state index contributed by atoms with van der Waals surface area (Å²) >= 11 is 0. The lowest BCUT2D eigenvalue weighted by atomic mass is 10.3. The summed E-state index contributed by atoms with van der Waals surface area (Å²) in [7, 11) is 0. The predicted molar refractivity (Wildman–Crippen MR) is 99.1 cm³/mol. The third kappa shape index (κ3) is 2.68. The molecule has 1 aliphatic heterocycles. The second kappa shape index (κ2) is 6.06.